The zero-order valence-electron chi connectivity index (χ0n) is 8.62. The largest absolute Gasteiger partial charge is 0.345 e. The van der Waals surface area contributed by atoms with Crippen LogP contribution in [0.25, 0.3) is 0 Å². The quantitative estimate of drug-likeness (QED) is 0.794. The lowest BCUT2D eigenvalue weighted by molar-refractivity contribution is 0.0910. The first-order valence-corrected chi connectivity index (χ1v) is 4.82. The van der Waals surface area contributed by atoms with Crippen LogP contribution in [-0.2, 0) is 0 Å². The minimum atomic E-state index is -0.481. The summed E-state index contributed by atoms with van der Waals surface area (Å²) >= 11 is 5.77. The van der Waals surface area contributed by atoms with Crippen molar-refractivity contribution in [1.82, 2.24) is 15.3 Å². The van der Waals surface area contributed by atoms with E-state index in [4.69, 9.17) is 17.3 Å². The summed E-state index contributed by atoms with van der Waals surface area (Å²) in [5.74, 6) is -0.349. The standard InChI is InChI=1S/C9H13ClN4O/c1-9(2,4-11)14-8(15)7-6(10)3-12-5-13-7/h3,5H,4,11H2,1-2H3,(H,14,15). The molecule has 0 aliphatic carbocycles. The molecule has 3 N–H and O–H groups in total. The SMILES string of the molecule is CC(C)(CN)NC(=O)c1ncncc1Cl. The molecule has 0 aliphatic rings. The van der Waals surface area contributed by atoms with E-state index in [0.29, 0.717) is 6.54 Å². The van der Waals surface area contributed by atoms with E-state index in [-0.39, 0.29) is 16.6 Å². The summed E-state index contributed by atoms with van der Waals surface area (Å²) in [4.78, 5) is 19.2. The maximum atomic E-state index is 11.7. The van der Waals surface area contributed by atoms with Gasteiger partial charge in [-0.25, -0.2) is 9.97 Å². The summed E-state index contributed by atoms with van der Waals surface area (Å²) < 4.78 is 0. The molecule has 1 aromatic rings. The number of aromatic nitrogens is 2. The number of rotatable bonds is 3. The van der Waals surface area contributed by atoms with Gasteiger partial charge >= 0.3 is 0 Å². The van der Waals surface area contributed by atoms with Gasteiger partial charge in [0.05, 0.1) is 5.02 Å². The van der Waals surface area contributed by atoms with Gasteiger partial charge in [-0.05, 0) is 13.8 Å². The number of amides is 1. The lowest BCUT2D eigenvalue weighted by Gasteiger charge is -2.23. The second kappa shape index (κ2) is 4.55. The highest BCUT2D eigenvalue weighted by molar-refractivity contribution is 6.33. The summed E-state index contributed by atoms with van der Waals surface area (Å²) in [6, 6.07) is 0. The average molecular weight is 229 g/mol. The van der Waals surface area contributed by atoms with Crippen molar-refractivity contribution >= 4 is 17.5 Å². The minimum Gasteiger partial charge on any atom is -0.345 e. The fraction of sp³-hybridized carbons (Fsp3) is 0.444. The van der Waals surface area contributed by atoms with Crippen LogP contribution in [0.5, 0.6) is 0 Å². The van der Waals surface area contributed by atoms with Crippen LogP contribution in [0.3, 0.4) is 0 Å². The molecule has 0 aliphatic heterocycles. The van der Waals surface area contributed by atoms with Crippen LogP contribution in [-0.4, -0.2) is 28.0 Å². The van der Waals surface area contributed by atoms with E-state index in [1.54, 1.807) is 0 Å². The Hall–Kier alpha value is -1.20. The Balaban J connectivity index is 2.83. The first-order valence-electron chi connectivity index (χ1n) is 4.44. The number of nitrogens with zero attached hydrogens (tertiary/aromatic N) is 2. The molecule has 1 heterocycles. The molecule has 0 saturated heterocycles. The van der Waals surface area contributed by atoms with Crippen molar-refractivity contribution in [2.75, 3.05) is 6.54 Å². The smallest absolute Gasteiger partial charge is 0.272 e. The number of hydrogen-bond acceptors (Lipinski definition) is 4. The molecule has 1 aromatic heterocycles. The fourth-order valence-electron chi connectivity index (χ4n) is 0.897. The maximum absolute atomic E-state index is 11.7. The molecule has 0 fully saturated rings. The van der Waals surface area contributed by atoms with Crippen molar-refractivity contribution in [3.8, 4) is 0 Å². The molecule has 0 atom stereocenters. The van der Waals surface area contributed by atoms with Gasteiger partial charge in [0.2, 0.25) is 0 Å². The van der Waals surface area contributed by atoms with Crippen LogP contribution in [0.4, 0.5) is 0 Å². The van der Waals surface area contributed by atoms with Gasteiger partial charge < -0.3 is 11.1 Å². The third-order valence-electron chi connectivity index (χ3n) is 1.84. The van der Waals surface area contributed by atoms with E-state index in [1.165, 1.54) is 12.5 Å². The molecule has 1 amide bonds. The Morgan fingerprint density at radius 3 is 2.87 bits per heavy atom. The number of nitrogens with two attached hydrogens (primary N) is 1. The van der Waals surface area contributed by atoms with Crippen LogP contribution >= 0.6 is 11.6 Å². The third kappa shape index (κ3) is 3.14. The molecule has 1 rings (SSSR count). The van der Waals surface area contributed by atoms with Crippen LogP contribution in [0.15, 0.2) is 12.5 Å². The van der Waals surface area contributed by atoms with E-state index in [2.05, 4.69) is 15.3 Å². The van der Waals surface area contributed by atoms with Gasteiger partial charge in [-0.2, -0.15) is 0 Å². The first kappa shape index (κ1) is 11.9. The zero-order chi connectivity index (χ0) is 11.5. The fourth-order valence-corrected chi connectivity index (χ4v) is 1.09. The predicted molar refractivity (Wildman–Crippen MR) is 57.6 cm³/mol. The van der Waals surface area contributed by atoms with Gasteiger partial charge in [-0.3, -0.25) is 4.79 Å². The van der Waals surface area contributed by atoms with Crippen molar-refractivity contribution in [3.63, 3.8) is 0 Å². The van der Waals surface area contributed by atoms with E-state index < -0.39 is 5.54 Å². The van der Waals surface area contributed by atoms with E-state index in [0.717, 1.165) is 0 Å². The molecular formula is C9H13ClN4O. The van der Waals surface area contributed by atoms with Crippen molar-refractivity contribution < 1.29 is 4.79 Å². The lowest BCUT2D eigenvalue weighted by Crippen LogP contribution is -2.49. The Bertz CT molecular complexity index is 367. The number of carbonyl (C=O) groups is 1. The first-order chi connectivity index (χ1) is 6.96. The normalized spacial score (nSPS) is 11.2. The second-order valence-electron chi connectivity index (χ2n) is 3.76. The summed E-state index contributed by atoms with van der Waals surface area (Å²) in [7, 11) is 0. The van der Waals surface area contributed by atoms with Gasteiger partial charge in [0.15, 0.2) is 0 Å². The molecular weight excluding hydrogens is 216 g/mol. The maximum Gasteiger partial charge on any atom is 0.272 e. The minimum absolute atomic E-state index is 0.160. The summed E-state index contributed by atoms with van der Waals surface area (Å²) in [5, 5.41) is 2.95. The molecule has 0 bridgehead atoms. The molecule has 5 nitrogen and oxygen atoms in total. The highest BCUT2D eigenvalue weighted by atomic mass is 35.5. The van der Waals surface area contributed by atoms with E-state index in [9.17, 15) is 4.79 Å². The van der Waals surface area contributed by atoms with Crippen molar-refractivity contribution in [2.45, 2.75) is 19.4 Å². The molecule has 15 heavy (non-hydrogen) atoms. The van der Waals surface area contributed by atoms with Gasteiger partial charge in [0.1, 0.15) is 12.0 Å². The Morgan fingerprint density at radius 1 is 1.67 bits per heavy atom. The molecule has 0 spiro atoms. The molecule has 0 radical (unpaired) electrons. The topological polar surface area (TPSA) is 80.9 Å². The van der Waals surface area contributed by atoms with Crippen LogP contribution in [0.1, 0.15) is 24.3 Å². The molecule has 82 valence electrons. The van der Waals surface area contributed by atoms with Crippen LogP contribution in [0, 0.1) is 0 Å². The van der Waals surface area contributed by atoms with Crippen molar-refractivity contribution in [2.24, 2.45) is 5.73 Å². The van der Waals surface area contributed by atoms with Gasteiger partial charge in [0.25, 0.3) is 5.91 Å². The predicted octanol–water partition coefficient (Wildman–Crippen LogP) is 0.597. The van der Waals surface area contributed by atoms with E-state index in [1.807, 2.05) is 13.8 Å². The van der Waals surface area contributed by atoms with Gasteiger partial charge in [-0.1, -0.05) is 11.6 Å². The molecule has 0 unspecified atom stereocenters. The third-order valence-corrected chi connectivity index (χ3v) is 2.12. The van der Waals surface area contributed by atoms with Gasteiger partial charge in [0, 0.05) is 18.3 Å². The van der Waals surface area contributed by atoms with E-state index >= 15 is 0 Å². The monoisotopic (exact) mass is 228 g/mol. The summed E-state index contributed by atoms with van der Waals surface area (Å²) in [5.41, 5.74) is 5.17. The van der Waals surface area contributed by atoms with Gasteiger partial charge in [-0.15, -0.1) is 0 Å². The number of halogens is 1. The highest BCUT2D eigenvalue weighted by Crippen LogP contribution is 2.11. The molecule has 6 heteroatoms. The number of carbonyl (C=O) groups excluding carboxylic acids is 1. The van der Waals surface area contributed by atoms with Crippen LogP contribution < -0.4 is 11.1 Å². The lowest BCUT2D eigenvalue weighted by atomic mass is 10.1. The summed E-state index contributed by atoms with van der Waals surface area (Å²) in [6.45, 7) is 3.97. The van der Waals surface area contributed by atoms with Crippen LogP contribution in [0.2, 0.25) is 5.02 Å². The van der Waals surface area contributed by atoms with Crippen molar-refractivity contribution in [3.05, 3.63) is 23.2 Å². The Kier molecular flexibility index (Phi) is 3.60. The average Bonchev–Trinajstić information content (AvgIpc) is 2.17. The summed E-state index contributed by atoms with van der Waals surface area (Å²) in [6.07, 6.45) is 2.65. The number of nitrogens with one attached hydrogen (secondary N) is 1. The Labute approximate surface area is 93.0 Å². The number of hydrogen-bond donors (Lipinski definition) is 2. The highest BCUT2D eigenvalue weighted by Gasteiger charge is 2.21. The zero-order valence-corrected chi connectivity index (χ0v) is 9.38. The van der Waals surface area contributed by atoms with Crippen molar-refractivity contribution in [1.29, 1.82) is 0 Å². The second-order valence-corrected chi connectivity index (χ2v) is 4.17. The molecule has 0 aromatic carbocycles. The molecule has 0 saturated carbocycles. The Morgan fingerprint density at radius 2 is 2.33 bits per heavy atom.